The summed E-state index contributed by atoms with van der Waals surface area (Å²) in [6, 6.07) is -0.631. The van der Waals surface area contributed by atoms with Gasteiger partial charge in [-0.05, 0) is 83.5 Å². The van der Waals surface area contributed by atoms with E-state index in [9.17, 15) is 19.8 Å². The van der Waals surface area contributed by atoms with E-state index in [2.05, 4.69) is 43.5 Å². The lowest BCUT2D eigenvalue weighted by Crippen LogP contribution is -2.45. The molecule has 82 heavy (non-hydrogen) atoms. The predicted molar refractivity (Wildman–Crippen MR) is 361 cm³/mol. The van der Waals surface area contributed by atoms with Crippen LogP contribution in [0.2, 0.25) is 0 Å². The van der Waals surface area contributed by atoms with Crippen LogP contribution in [0.25, 0.3) is 0 Å². The molecular formula is C76H145NO5. The van der Waals surface area contributed by atoms with E-state index in [0.717, 1.165) is 44.9 Å². The molecule has 0 aliphatic heterocycles. The van der Waals surface area contributed by atoms with Crippen LogP contribution >= 0.6 is 0 Å². The Labute approximate surface area is 513 Å². The minimum Gasteiger partial charge on any atom is -0.466 e. The number of amides is 1. The van der Waals surface area contributed by atoms with Gasteiger partial charge in [-0.25, -0.2) is 0 Å². The number of hydrogen-bond donors (Lipinski definition) is 3. The van der Waals surface area contributed by atoms with E-state index in [1.165, 1.54) is 340 Å². The first kappa shape index (κ1) is 80.1. The first-order valence-corrected chi connectivity index (χ1v) is 37.3. The van der Waals surface area contributed by atoms with Gasteiger partial charge in [0.05, 0.1) is 25.4 Å². The van der Waals surface area contributed by atoms with Crippen LogP contribution in [0.15, 0.2) is 36.5 Å². The van der Waals surface area contributed by atoms with Gasteiger partial charge < -0.3 is 20.3 Å². The van der Waals surface area contributed by atoms with Crippen molar-refractivity contribution < 1.29 is 24.5 Å². The van der Waals surface area contributed by atoms with Crippen LogP contribution in [-0.2, 0) is 14.3 Å². The Morgan fingerprint density at radius 3 is 0.866 bits per heavy atom. The molecule has 0 saturated carbocycles. The summed E-state index contributed by atoms with van der Waals surface area (Å²) in [5.74, 6) is -0.0585. The molecule has 2 unspecified atom stereocenters. The van der Waals surface area contributed by atoms with Crippen molar-refractivity contribution in [1.82, 2.24) is 5.32 Å². The summed E-state index contributed by atoms with van der Waals surface area (Å²) in [4.78, 5) is 24.6. The Morgan fingerprint density at radius 1 is 0.329 bits per heavy atom. The van der Waals surface area contributed by atoms with Crippen molar-refractivity contribution in [2.45, 2.75) is 424 Å². The average molecular weight is 1150 g/mol. The zero-order chi connectivity index (χ0) is 59.2. The highest BCUT2D eigenvalue weighted by molar-refractivity contribution is 5.76. The quantitative estimate of drug-likeness (QED) is 0.0320. The van der Waals surface area contributed by atoms with Crippen LogP contribution in [0.4, 0.5) is 0 Å². The SMILES string of the molecule is CCCCCCCCC/C=C\CCCCCCCC(=O)OCCCCCCCCCCCCCC/C=C\CCCCCCCCCCCCC(=O)NC(CO)C(O)/C=C/CCCCCCCCCCCCCCCCCCCCCCC. The van der Waals surface area contributed by atoms with Gasteiger partial charge in [0.2, 0.25) is 5.91 Å². The molecule has 0 rings (SSSR count). The highest BCUT2D eigenvalue weighted by atomic mass is 16.5. The van der Waals surface area contributed by atoms with Crippen LogP contribution in [0.3, 0.4) is 0 Å². The van der Waals surface area contributed by atoms with Gasteiger partial charge in [-0.15, -0.1) is 0 Å². The molecule has 0 aromatic rings. The first-order chi connectivity index (χ1) is 40.5. The van der Waals surface area contributed by atoms with E-state index in [1.807, 2.05) is 6.08 Å². The van der Waals surface area contributed by atoms with Gasteiger partial charge in [0.15, 0.2) is 0 Å². The number of aliphatic hydroxyl groups excluding tert-OH is 2. The smallest absolute Gasteiger partial charge is 0.305 e. The molecule has 0 heterocycles. The molecular weight excluding hydrogens is 1010 g/mol. The molecule has 2 atom stereocenters. The minimum atomic E-state index is -0.847. The van der Waals surface area contributed by atoms with E-state index >= 15 is 0 Å². The second kappa shape index (κ2) is 71.6. The number of unbranched alkanes of at least 4 members (excludes halogenated alkanes) is 55. The molecule has 3 N–H and O–H groups in total. The van der Waals surface area contributed by atoms with Gasteiger partial charge in [-0.2, -0.15) is 0 Å². The monoisotopic (exact) mass is 1150 g/mol. The number of allylic oxidation sites excluding steroid dienone is 5. The number of rotatable bonds is 70. The fourth-order valence-corrected chi connectivity index (χ4v) is 11.7. The number of esters is 1. The normalized spacial score (nSPS) is 12.7. The Balaban J connectivity index is 3.42. The van der Waals surface area contributed by atoms with Crippen molar-refractivity contribution in [2.24, 2.45) is 0 Å². The lowest BCUT2D eigenvalue weighted by atomic mass is 10.0. The third kappa shape index (κ3) is 67.2. The molecule has 0 aromatic carbocycles. The molecule has 484 valence electrons. The van der Waals surface area contributed by atoms with Gasteiger partial charge >= 0.3 is 5.97 Å². The second-order valence-electron chi connectivity index (χ2n) is 25.6. The maximum Gasteiger partial charge on any atom is 0.305 e. The number of nitrogens with one attached hydrogen (secondary N) is 1. The molecule has 0 radical (unpaired) electrons. The molecule has 0 saturated heterocycles. The Kier molecular flexibility index (Phi) is 69.9. The van der Waals surface area contributed by atoms with Gasteiger partial charge in [0.1, 0.15) is 0 Å². The fourth-order valence-electron chi connectivity index (χ4n) is 11.7. The van der Waals surface area contributed by atoms with Crippen LogP contribution in [0.1, 0.15) is 412 Å². The van der Waals surface area contributed by atoms with Crippen LogP contribution in [0.5, 0.6) is 0 Å². The maximum absolute atomic E-state index is 12.5. The average Bonchev–Trinajstić information content (AvgIpc) is 3.48. The third-order valence-electron chi connectivity index (χ3n) is 17.4. The van der Waals surface area contributed by atoms with E-state index in [0.29, 0.717) is 19.4 Å². The van der Waals surface area contributed by atoms with Crippen molar-refractivity contribution in [1.29, 1.82) is 0 Å². The minimum absolute atomic E-state index is 0.00720. The molecule has 0 bridgehead atoms. The summed E-state index contributed by atoms with van der Waals surface area (Å²) in [6.07, 6.45) is 92.4. The second-order valence-corrected chi connectivity index (χ2v) is 25.6. The standard InChI is InChI=1S/C76H145NO5/c1-3-5-7-9-11-13-15-17-19-21-22-23-28-31-34-37-40-44-48-52-56-60-64-68-74(79)73(72-78)77-75(80)69-65-61-57-53-49-45-41-38-35-32-29-26-24-25-27-30-33-36-39-43-47-51-55-59-63-67-71-82-76(81)70-66-62-58-54-50-46-42-20-18-16-14-12-10-8-6-4-2/h20,24,26,42,64,68,73-74,78-79H,3-19,21-23,25,27-41,43-63,65-67,69-72H2,1-2H3,(H,77,80)/b26-24-,42-20-,68-64+. The van der Waals surface area contributed by atoms with Gasteiger partial charge in [-0.3, -0.25) is 9.59 Å². The summed E-state index contributed by atoms with van der Waals surface area (Å²) < 4.78 is 5.50. The van der Waals surface area contributed by atoms with Gasteiger partial charge in [0.25, 0.3) is 0 Å². The lowest BCUT2D eigenvalue weighted by molar-refractivity contribution is -0.143. The summed E-state index contributed by atoms with van der Waals surface area (Å²) in [7, 11) is 0. The van der Waals surface area contributed by atoms with Crippen molar-refractivity contribution in [3.63, 3.8) is 0 Å². The number of aliphatic hydroxyl groups is 2. The topological polar surface area (TPSA) is 95.9 Å². The number of ether oxygens (including phenoxy) is 1. The molecule has 0 spiro atoms. The number of carbonyl (C=O) groups is 2. The number of carbonyl (C=O) groups excluding carboxylic acids is 2. The fraction of sp³-hybridized carbons (Fsp3) is 0.895. The van der Waals surface area contributed by atoms with Crippen molar-refractivity contribution >= 4 is 11.9 Å². The van der Waals surface area contributed by atoms with Gasteiger partial charge in [0, 0.05) is 12.8 Å². The molecule has 6 nitrogen and oxygen atoms in total. The summed E-state index contributed by atoms with van der Waals surface area (Å²) in [6.45, 7) is 4.94. The van der Waals surface area contributed by atoms with Crippen molar-refractivity contribution in [2.75, 3.05) is 13.2 Å². The molecule has 0 aliphatic rings. The zero-order valence-electron chi connectivity index (χ0n) is 55.5. The first-order valence-electron chi connectivity index (χ1n) is 37.3. The van der Waals surface area contributed by atoms with Crippen LogP contribution in [0, 0.1) is 0 Å². The van der Waals surface area contributed by atoms with Crippen molar-refractivity contribution in [3.05, 3.63) is 36.5 Å². The Bertz CT molecular complexity index is 1330. The van der Waals surface area contributed by atoms with Gasteiger partial charge in [-0.1, -0.05) is 352 Å². The summed E-state index contributed by atoms with van der Waals surface area (Å²) in [5, 5.41) is 23.3. The number of hydrogen-bond acceptors (Lipinski definition) is 5. The predicted octanol–water partition coefficient (Wildman–Crippen LogP) is 24.3. The van der Waals surface area contributed by atoms with E-state index < -0.39 is 12.1 Å². The highest BCUT2D eigenvalue weighted by Gasteiger charge is 2.18. The van der Waals surface area contributed by atoms with E-state index in [-0.39, 0.29) is 18.5 Å². The van der Waals surface area contributed by atoms with E-state index in [1.54, 1.807) is 6.08 Å². The molecule has 0 aromatic heterocycles. The Morgan fingerprint density at radius 2 is 0.573 bits per heavy atom. The van der Waals surface area contributed by atoms with E-state index in [4.69, 9.17) is 4.74 Å². The van der Waals surface area contributed by atoms with Crippen LogP contribution < -0.4 is 5.32 Å². The molecule has 0 aliphatic carbocycles. The Hall–Kier alpha value is -1.92. The molecule has 1 amide bonds. The largest absolute Gasteiger partial charge is 0.466 e. The summed E-state index contributed by atoms with van der Waals surface area (Å²) in [5.41, 5.74) is 0. The van der Waals surface area contributed by atoms with Crippen LogP contribution in [-0.4, -0.2) is 47.4 Å². The maximum atomic E-state index is 12.5. The molecule has 0 fully saturated rings. The zero-order valence-corrected chi connectivity index (χ0v) is 55.5. The van der Waals surface area contributed by atoms with Crippen molar-refractivity contribution in [3.8, 4) is 0 Å². The summed E-state index contributed by atoms with van der Waals surface area (Å²) >= 11 is 0. The lowest BCUT2D eigenvalue weighted by Gasteiger charge is -2.20. The third-order valence-corrected chi connectivity index (χ3v) is 17.4. The molecule has 6 heteroatoms. The highest BCUT2D eigenvalue weighted by Crippen LogP contribution is 2.19.